The molecule has 21 heavy (non-hydrogen) atoms. The second-order valence-corrected chi connectivity index (χ2v) is 6.67. The number of aryl methyl sites for hydroxylation is 1. The number of nitrogens with two attached hydrogens (primary N) is 1. The molecule has 3 N–H and O–H groups in total. The number of aromatic nitrogens is 3. The summed E-state index contributed by atoms with van der Waals surface area (Å²) in [6.07, 6.45) is 12.0. The number of nitrogens with zero attached hydrogens (tertiary/aromatic N) is 4. The third-order valence-corrected chi connectivity index (χ3v) is 5.37. The Balaban J connectivity index is 1.79. The summed E-state index contributed by atoms with van der Waals surface area (Å²) in [4.78, 5) is 2.71. The van der Waals surface area contributed by atoms with Crippen LogP contribution in [0, 0.1) is 0 Å². The van der Waals surface area contributed by atoms with Gasteiger partial charge >= 0.3 is 0 Å². The minimum atomic E-state index is 0.215. The first-order valence-electron chi connectivity index (χ1n) is 8.31. The van der Waals surface area contributed by atoms with Gasteiger partial charge in [0.15, 0.2) is 0 Å². The molecule has 6 nitrogen and oxygen atoms in total. The van der Waals surface area contributed by atoms with Gasteiger partial charge in [0.05, 0.1) is 5.69 Å². The van der Waals surface area contributed by atoms with Crippen LogP contribution in [0.3, 0.4) is 0 Å². The van der Waals surface area contributed by atoms with E-state index in [1.54, 1.807) is 4.68 Å². The molecule has 1 aliphatic carbocycles. The molecular formula is C15H28N6. The highest BCUT2D eigenvalue weighted by Crippen LogP contribution is 2.40. The maximum absolute atomic E-state index is 5.97. The van der Waals surface area contributed by atoms with Gasteiger partial charge in [-0.1, -0.05) is 24.5 Å². The van der Waals surface area contributed by atoms with Crippen molar-refractivity contribution in [3.05, 3.63) is 11.9 Å². The first kappa shape index (κ1) is 14.9. The number of hydrogen-bond donors (Lipinski definition) is 2. The topological polar surface area (TPSA) is 72.0 Å². The number of piperidine rings is 1. The lowest BCUT2D eigenvalue weighted by Crippen LogP contribution is -2.63. The van der Waals surface area contributed by atoms with Crippen molar-refractivity contribution >= 4 is 0 Å². The van der Waals surface area contributed by atoms with E-state index >= 15 is 0 Å². The van der Waals surface area contributed by atoms with E-state index in [1.807, 2.05) is 13.2 Å². The third kappa shape index (κ3) is 2.98. The lowest BCUT2D eigenvalue weighted by Gasteiger charge is -2.48. The minimum absolute atomic E-state index is 0.215. The zero-order valence-corrected chi connectivity index (χ0v) is 13.1. The molecule has 2 fully saturated rings. The Morgan fingerprint density at radius 1 is 1.24 bits per heavy atom. The van der Waals surface area contributed by atoms with Crippen molar-refractivity contribution in [3.63, 3.8) is 0 Å². The Labute approximate surface area is 127 Å². The van der Waals surface area contributed by atoms with E-state index in [0.29, 0.717) is 0 Å². The SMILES string of the molecule is Cn1cc(CC(NN)C2(N3CCCCC3)CCCC2)nn1. The Morgan fingerprint density at radius 2 is 1.95 bits per heavy atom. The average molecular weight is 292 g/mol. The number of hydrogen-bond acceptors (Lipinski definition) is 5. The maximum Gasteiger partial charge on any atom is 0.0843 e. The zero-order chi connectivity index (χ0) is 14.7. The lowest BCUT2D eigenvalue weighted by molar-refractivity contribution is 0.0363. The second-order valence-electron chi connectivity index (χ2n) is 6.67. The standard InChI is InChI=1S/C15H28N6/c1-20-12-13(18-19-20)11-14(17-16)15(7-3-4-8-15)21-9-5-2-6-10-21/h12,14,17H,2-11,16H2,1H3. The van der Waals surface area contributed by atoms with Crippen LogP contribution < -0.4 is 11.3 Å². The van der Waals surface area contributed by atoms with Crippen molar-refractivity contribution < 1.29 is 0 Å². The normalized spacial score (nSPS) is 24.3. The van der Waals surface area contributed by atoms with Gasteiger partial charge < -0.3 is 0 Å². The van der Waals surface area contributed by atoms with E-state index in [0.717, 1.165) is 12.1 Å². The van der Waals surface area contributed by atoms with E-state index in [1.165, 1.54) is 58.0 Å². The molecule has 1 aliphatic heterocycles. The molecule has 0 bridgehead atoms. The monoisotopic (exact) mass is 292 g/mol. The molecule has 3 rings (SSSR count). The Bertz CT molecular complexity index is 445. The van der Waals surface area contributed by atoms with Crippen LogP contribution in [0.15, 0.2) is 6.20 Å². The van der Waals surface area contributed by atoms with Crippen molar-refractivity contribution in [1.82, 2.24) is 25.3 Å². The van der Waals surface area contributed by atoms with Crippen LogP contribution in [-0.4, -0.2) is 44.6 Å². The highest BCUT2D eigenvalue weighted by Gasteiger charge is 2.45. The number of likely N-dealkylation sites (tertiary alicyclic amines) is 1. The van der Waals surface area contributed by atoms with E-state index in [4.69, 9.17) is 5.84 Å². The van der Waals surface area contributed by atoms with Crippen LogP contribution in [0.1, 0.15) is 50.6 Å². The van der Waals surface area contributed by atoms with Gasteiger partial charge in [-0.05, 0) is 38.8 Å². The van der Waals surface area contributed by atoms with E-state index in [9.17, 15) is 0 Å². The van der Waals surface area contributed by atoms with Gasteiger partial charge in [0, 0.05) is 31.2 Å². The lowest BCUT2D eigenvalue weighted by atomic mass is 9.82. The molecular weight excluding hydrogens is 264 g/mol. The molecule has 1 atom stereocenters. The Kier molecular flexibility index (Phi) is 4.57. The first-order chi connectivity index (χ1) is 10.2. The van der Waals surface area contributed by atoms with Gasteiger partial charge in [-0.15, -0.1) is 5.10 Å². The maximum atomic E-state index is 5.97. The van der Waals surface area contributed by atoms with Crippen LogP contribution in [-0.2, 0) is 13.5 Å². The number of nitrogens with one attached hydrogen (secondary N) is 1. The van der Waals surface area contributed by atoms with Crippen LogP contribution in [0.2, 0.25) is 0 Å². The molecule has 1 aromatic heterocycles. The van der Waals surface area contributed by atoms with E-state index in [2.05, 4.69) is 20.6 Å². The van der Waals surface area contributed by atoms with Gasteiger partial charge in [-0.2, -0.15) is 0 Å². The first-order valence-corrected chi connectivity index (χ1v) is 8.31. The van der Waals surface area contributed by atoms with Gasteiger partial charge in [-0.3, -0.25) is 20.9 Å². The molecule has 1 saturated carbocycles. The van der Waals surface area contributed by atoms with Gasteiger partial charge in [0.1, 0.15) is 0 Å². The molecule has 0 radical (unpaired) electrons. The van der Waals surface area contributed by atoms with Crippen LogP contribution in [0.5, 0.6) is 0 Å². The van der Waals surface area contributed by atoms with Crippen molar-refractivity contribution in [2.24, 2.45) is 12.9 Å². The Morgan fingerprint density at radius 3 is 2.52 bits per heavy atom. The summed E-state index contributed by atoms with van der Waals surface area (Å²) < 4.78 is 1.77. The molecule has 2 aliphatic rings. The molecule has 1 saturated heterocycles. The van der Waals surface area contributed by atoms with Crippen molar-refractivity contribution in [1.29, 1.82) is 0 Å². The van der Waals surface area contributed by atoms with Crippen molar-refractivity contribution in [2.45, 2.75) is 62.9 Å². The van der Waals surface area contributed by atoms with Crippen molar-refractivity contribution in [3.8, 4) is 0 Å². The number of hydrazine groups is 1. The molecule has 0 amide bonds. The van der Waals surface area contributed by atoms with Crippen molar-refractivity contribution in [2.75, 3.05) is 13.1 Å². The molecule has 0 spiro atoms. The average Bonchev–Trinajstić information content (AvgIpc) is 3.15. The molecule has 2 heterocycles. The summed E-state index contributed by atoms with van der Waals surface area (Å²) in [5.41, 5.74) is 4.37. The summed E-state index contributed by atoms with van der Waals surface area (Å²) >= 11 is 0. The third-order valence-electron chi connectivity index (χ3n) is 5.37. The smallest absolute Gasteiger partial charge is 0.0843 e. The summed E-state index contributed by atoms with van der Waals surface area (Å²) in [6.45, 7) is 2.44. The van der Waals surface area contributed by atoms with Gasteiger partial charge in [0.25, 0.3) is 0 Å². The van der Waals surface area contributed by atoms with Crippen LogP contribution in [0.4, 0.5) is 0 Å². The Hall–Kier alpha value is -0.980. The van der Waals surface area contributed by atoms with E-state index < -0.39 is 0 Å². The summed E-state index contributed by atoms with van der Waals surface area (Å²) in [5.74, 6) is 5.97. The summed E-state index contributed by atoms with van der Waals surface area (Å²) in [6, 6.07) is 0.259. The summed E-state index contributed by atoms with van der Waals surface area (Å²) in [5, 5.41) is 8.30. The largest absolute Gasteiger partial charge is 0.296 e. The summed E-state index contributed by atoms with van der Waals surface area (Å²) in [7, 11) is 1.91. The fraction of sp³-hybridized carbons (Fsp3) is 0.867. The van der Waals surface area contributed by atoms with E-state index in [-0.39, 0.29) is 11.6 Å². The predicted molar refractivity (Wildman–Crippen MR) is 82.4 cm³/mol. The highest BCUT2D eigenvalue weighted by molar-refractivity contribution is 5.08. The van der Waals surface area contributed by atoms with Crippen LogP contribution in [0.25, 0.3) is 0 Å². The van der Waals surface area contributed by atoms with Crippen LogP contribution >= 0.6 is 0 Å². The molecule has 1 unspecified atom stereocenters. The minimum Gasteiger partial charge on any atom is -0.296 e. The zero-order valence-electron chi connectivity index (χ0n) is 13.1. The predicted octanol–water partition coefficient (Wildman–Crippen LogP) is 0.988. The highest BCUT2D eigenvalue weighted by atomic mass is 15.4. The second kappa shape index (κ2) is 6.42. The number of rotatable bonds is 5. The van der Waals surface area contributed by atoms with Gasteiger partial charge in [0.2, 0.25) is 0 Å². The molecule has 118 valence electrons. The fourth-order valence-electron chi connectivity index (χ4n) is 4.31. The molecule has 6 heteroatoms. The fourth-order valence-corrected chi connectivity index (χ4v) is 4.31. The molecule has 0 aromatic carbocycles. The molecule has 1 aromatic rings. The van der Waals surface area contributed by atoms with Gasteiger partial charge in [-0.25, -0.2) is 0 Å². The quantitative estimate of drug-likeness (QED) is 0.625.